The lowest BCUT2D eigenvalue weighted by Gasteiger charge is -2.35. The second kappa shape index (κ2) is 9.53. The highest BCUT2D eigenvalue weighted by Gasteiger charge is 2.25. The summed E-state index contributed by atoms with van der Waals surface area (Å²) in [6, 6.07) is 11.5. The molecule has 180 valence electrons. The highest BCUT2D eigenvalue weighted by atomic mass is 19.1. The van der Waals surface area contributed by atoms with E-state index < -0.39 is 0 Å². The summed E-state index contributed by atoms with van der Waals surface area (Å²) in [5.74, 6) is 1.61. The predicted molar refractivity (Wildman–Crippen MR) is 126 cm³/mol. The number of carbonyl (C=O) groups is 1. The van der Waals surface area contributed by atoms with Gasteiger partial charge in [0.1, 0.15) is 12.1 Å². The van der Waals surface area contributed by atoms with Gasteiger partial charge in [-0.15, -0.1) is 5.10 Å². The van der Waals surface area contributed by atoms with Crippen molar-refractivity contribution in [3.8, 4) is 17.2 Å². The number of methoxy groups -OCH3 is 2. The maximum Gasteiger partial charge on any atom is 0.227 e. The number of ether oxygens (including phenoxy) is 2. The summed E-state index contributed by atoms with van der Waals surface area (Å²) in [6.45, 7) is 2.33. The number of halogens is 1. The Bertz CT molecular complexity index is 1350. The monoisotopic (exact) mass is 477 g/mol. The maximum absolute atomic E-state index is 13.3. The fourth-order valence-corrected chi connectivity index (χ4v) is 4.17. The predicted octanol–water partition coefficient (Wildman–Crippen LogP) is 2.26. The number of benzene rings is 2. The molecule has 0 atom stereocenters. The number of anilines is 1. The molecule has 0 spiro atoms. The molecule has 0 N–H and O–H groups in total. The van der Waals surface area contributed by atoms with E-state index in [0.29, 0.717) is 60.3 Å². The lowest BCUT2D eigenvalue weighted by Crippen LogP contribution is -2.49. The Balaban J connectivity index is 1.28. The third-order valence-corrected chi connectivity index (χ3v) is 6.02. The zero-order valence-electron chi connectivity index (χ0n) is 19.4. The van der Waals surface area contributed by atoms with E-state index in [1.165, 1.54) is 18.5 Å². The van der Waals surface area contributed by atoms with E-state index in [0.717, 1.165) is 5.56 Å². The molecule has 3 heterocycles. The number of carbonyl (C=O) groups excluding carboxylic acids is 1. The second-order valence-electron chi connectivity index (χ2n) is 8.08. The molecule has 0 bridgehead atoms. The van der Waals surface area contributed by atoms with Crippen molar-refractivity contribution in [1.29, 1.82) is 0 Å². The molecule has 1 aliphatic rings. The minimum atomic E-state index is -0.327. The molecule has 4 aromatic rings. The van der Waals surface area contributed by atoms with Crippen LogP contribution in [-0.2, 0) is 11.2 Å². The van der Waals surface area contributed by atoms with Crippen LogP contribution in [0.2, 0.25) is 0 Å². The summed E-state index contributed by atoms with van der Waals surface area (Å²) in [7, 11) is 3.15. The molecule has 1 aliphatic heterocycles. The molecule has 1 fully saturated rings. The third kappa shape index (κ3) is 4.44. The van der Waals surface area contributed by atoms with Crippen LogP contribution in [-0.4, -0.2) is 76.2 Å². The fourth-order valence-electron chi connectivity index (χ4n) is 4.17. The average Bonchev–Trinajstić information content (AvgIpc) is 3.33. The van der Waals surface area contributed by atoms with Crippen LogP contribution in [0.25, 0.3) is 16.9 Å². The summed E-state index contributed by atoms with van der Waals surface area (Å²) >= 11 is 0. The lowest BCUT2D eigenvalue weighted by atomic mass is 10.1. The van der Waals surface area contributed by atoms with Gasteiger partial charge in [-0.1, -0.05) is 11.3 Å². The summed E-state index contributed by atoms with van der Waals surface area (Å²) in [4.78, 5) is 25.6. The molecule has 0 unspecified atom stereocenters. The highest BCUT2D eigenvalue weighted by molar-refractivity contribution is 5.84. The van der Waals surface area contributed by atoms with Gasteiger partial charge in [0.25, 0.3) is 0 Å². The minimum Gasteiger partial charge on any atom is -0.493 e. The van der Waals surface area contributed by atoms with Crippen LogP contribution in [0.1, 0.15) is 5.56 Å². The van der Waals surface area contributed by atoms with Crippen molar-refractivity contribution < 1.29 is 18.7 Å². The number of aromatic nitrogens is 5. The molecule has 1 saturated heterocycles. The Labute approximate surface area is 200 Å². The number of piperazine rings is 1. The highest BCUT2D eigenvalue weighted by Crippen LogP contribution is 2.28. The van der Waals surface area contributed by atoms with E-state index in [1.807, 2.05) is 17.0 Å². The minimum absolute atomic E-state index is 0.0481. The first kappa shape index (κ1) is 22.5. The lowest BCUT2D eigenvalue weighted by molar-refractivity contribution is -0.130. The van der Waals surface area contributed by atoms with Crippen molar-refractivity contribution in [2.45, 2.75) is 6.42 Å². The second-order valence-corrected chi connectivity index (χ2v) is 8.08. The number of amides is 1. The Morgan fingerprint density at radius 1 is 0.971 bits per heavy atom. The topological polar surface area (TPSA) is 98.5 Å². The van der Waals surface area contributed by atoms with Gasteiger partial charge in [0, 0.05) is 26.2 Å². The van der Waals surface area contributed by atoms with Crippen LogP contribution >= 0.6 is 0 Å². The summed E-state index contributed by atoms with van der Waals surface area (Å²) < 4.78 is 25.5. The summed E-state index contributed by atoms with van der Waals surface area (Å²) in [5.41, 5.74) is 2.62. The van der Waals surface area contributed by atoms with Crippen LogP contribution in [0, 0.1) is 5.82 Å². The van der Waals surface area contributed by atoms with Gasteiger partial charge in [0.15, 0.2) is 28.5 Å². The Morgan fingerprint density at radius 3 is 2.43 bits per heavy atom. The van der Waals surface area contributed by atoms with Gasteiger partial charge in [-0.05, 0) is 42.0 Å². The number of nitrogens with zero attached hydrogens (tertiary/aromatic N) is 7. The van der Waals surface area contributed by atoms with Crippen molar-refractivity contribution in [2.75, 3.05) is 45.3 Å². The van der Waals surface area contributed by atoms with Gasteiger partial charge < -0.3 is 19.3 Å². The molecule has 5 rings (SSSR count). The quantitative estimate of drug-likeness (QED) is 0.417. The van der Waals surface area contributed by atoms with E-state index in [2.05, 4.69) is 25.2 Å². The van der Waals surface area contributed by atoms with Crippen molar-refractivity contribution in [1.82, 2.24) is 29.9 Å². The van der Waals surface area contributed by atoms with Crippen LogP contribution < -0.4 is 14.4 Å². The van der Waals surface area contributed by atoms with Gasteiger partial charge in [0.2, 0.25) is 5.91 Å². The molecule has 11 heteroatoms. The zero-order chi connectivity index (χ0) is 24.4. The van der Waals surface area contributed by atoms with Crippen LogP contribution in [0.3, 0.4) is 0 Å². The molecule has 1 amide bonds. The Hall–Kier alpha value is -4.28. The molecule has 35 heavy (non-hydrogen) atoms. The van der Waals surface area contributed by atoms with Gasteiger partial charge >= 0.3 is 0 Å². The first-order chi connectivity index (χ1) is 17.1. The molecule has 2 aromatic carbocycles. The van der Waals surface area contributed by atoms with Gasteiger partial charge in [-0.3, -0.25) is 4.79 Å². The fraction of sp³-hybridized carbons (Fsp3) is 0.292. The van der Waals surface area contributed by atoms with E-state index in [-0.39, 0.29) is 18.1 Å². The van der Waals surface area contributed by atoms with E-state index in [9.17, 15) is 9.18 Å². The van der Waals surface area contributed by atoms with Crippen molar-refractivity contribution >= 4 is 22.9 Å². The smallest absolute Gasteiger partial charge is 0.227 e. The molecule has 0 aliphatic carbocycles. The normalized spacial score (nSPS) is 13.8. The third-order valence-electron chi connectivity index (χ3n) is 6.02. The first-order valence-corrected chi connectivity index (χ1v) is 11.1. The van der Waals surface area contributed by atoms with Gasteiger partial charge in [-0.25, -0.2) is 14.4 Å². The molecule has 10 nitrogen and oxygen atoms in total. The number of hydrogen-bond donors (Lipinski definition) is 0. The summed E-state index contributed by atoms with van der Waals surface area (Å²) in [5, 5.41) is 8.48. The first-order valence-electron chi connectivity index (χ1n) is 11.1. The Morgan fingerprint density at radius 2 is 1.71 bits per heavy atom. The van der Waals surface area contributed by atoms with Crippen LogP contribution in [0.4, 0.5) is 10.2 Å². The number of fused-ring (bicyclic) bond motifs is 1. The van der Waals surface area contributed by atoms with E-state index in [1.54, 1.807) is 37.1 Å². The Kier molecular flexibility index (Phi) is 6.13. The molecular weight excluding hydrogens is 453 g/mol. The average molecular weight is 478 g/mol. The SMILES string of the molecule is COc1ccc(CC(=O)N2CCN(c3ncnc4c3nnn4-c3ccc(F)cc3)CC2)cc1OC. The zero-order valence-corrected chi connectivity index (χ0v) is 19.4. The van der Waals surface area contributed by atoms with Crippen molar-refractivity contribution in [3.05, 3.63) is 60.2 Å². The van der Waals surface area contributed by atoms with Gasteiger partial charge in [-0.2, -0.15) is 4.68 Å². The largest absolute Gasteiger partial charge is 0.493 e. The van der Waals surface area contributed by atoms with Gasteiger partial charge in [0.05, 0.1) is 26.3 Å². The van der Waals surface area contributed by atoms with Crippen molar-refractivity contribution in [3.63, 3.8) is 0 Å². The standard InChI is InChI=1S/C24H24FN7O3/c1-34-19-8-3-16(13-20(19)35-2)14-21(33)30-9-11-31(12-10-30)23-22-24(27-15-26-23)32(29-28-22)18-6-4-17(25)5-7-18/h3-8,13,15H,9-12,14H2,1-2H3. The molecule has 0 saturated carbocycles. The molecule has 2 aromatic heterocycles. The van der Waals surface area contributed by atoms with E-state index >= 15 is 0 Å². The van der Waals surface area contributed by atoms with Crippen LogP contribution in [0.15, 0.2) is 48.8 Å². The molecule has 0 radical (unpaired) electrons. The summed E-state index contributed by atoms with van der Waals surface area (Å²) in [6.07, 6.45) is 1.75. The van der Waals surface area contributed by atoms with Crippen LogP contribution in [0.5, 0.6) is 11.5 Å². The number of hydrogen-bond acceptors (Lipinski definition) is 8. The molecular formula is C24H24FN7O3. The maximum atomic E-state index is 13.3. The number of rotatable bonds is 6. The van der Waals surface area contributed by atoms with E-state index in [4.69, 9.17) is 9.47 Å². The van der Waals surface area contributed by atoms with Crippen molar-refractivity contribution in [2.24, 2.45) is 0 Å².